The van der Waals surface area contributed by atoms with Crippen molar-refractivity contribution in [2.45, 2.75) is 6.92 Å². The van der Waals surface area contributed by atoms with Gasteiger partial charge >= 0.3 is 5.69 Å². The van der Waals surface area contributed by atoms with E-state index in [0.29, 0.717) is 16.6 Å². The molecule has 0 aliphatic heterocycles. The summed E-state index contributed by atoms with van der Waals surface area (Å²) in [5.74, 6) is 0. The first-order chi connectivity index (χ1) is 10.6. The van der Waals surface area contributed by atoms with Crippen molar-refractivity contribution in [1.29, 1.82) is 0 Å². The second-order valence-electron chi connectivity index (χ2n) is 4.70. The van der Waals surface area contributed by atoms with Gasteiger partial charge in [0.2, 0.25) is 0 Å². The molecule has 0 aliphatic rings. The summed E-state index contributed by atoms with van der Waals surface area (Å²) in [6, 6.07) is 9.07. The quantitative estimate of drug-likeness (QED) is 0.555. The lowest BCUT2D eigenvalue weighted by Crippen LogP contribution is -2.01. The molecule has 0 amide bonds. The molecular weight excluding hydrogens is 348 g/mol. The lowest BCUT2D eigenvalue weighted by Gasteiger charge is -2.11. The summed E-state index contributed by atoms with van der Waals surface area (Å²) in [5, 5.41) is 15.1. The Bertz CT molecular complexity index is 883. The van der Waals surface area contributed by atoms with E-state index in [2.05, 4.69) is 31.2 Å². The van der Waals surface area contributed by atoms with Gasteiger partial charge in [0.25, 0.3) is 0 Å². The van der Waals surface area contributed by atoms with E-state index in [1.165, 1.54) is 6.20 Å². The van der Waals surface area contributed by atoms with Gasteiger partial charge in [0, 0.05) is 16.1 Å². The van der Waals surface area contributed by atoms with Gasteiger partial charge in [0.15, 0.2) is 0 Å². The number of aromatic nitrogens is 2. The van der Waals surface area contributed by atoms with Crippen molar-refractivity contribution in [3.63, 3.8) is 0 Å². The minimum atomic E-state index is -0.443. The fraction of sp³-hybridized carbons (Fsp3) is 0.0667. The van der Waals surface area contributed by atoms with Crippen molar-refractivity contribution < 1.29 is 4.92 Å². The van der Waals surface area contributed by atoms with Crippen LogP contribution < -0.4 is 5.32 Å². The van der Waals surface area contributed by atoms with E-state index >= 15 is 0 Å². The summed E-state index contributed by atoms with van der Waals surface area (Å²) in [5.41, 5.74) is 2.49. The van der Waals surface area contributed by atoms with Gasteiger partial charge in [-0.05, 0) is 37.3 Å². The zero-order valence-electron chi connectivity index (χ0n) is 11.6. The Labute approximate surface area is 134 Å². The molecule has 0 spiro atoms. The number of pyridine rings is 2. The largest absolute Gasteiger partial charge is 0.348 e. The molecule has 1 N–H and O–H groups in total. The van der Waals surface area contributed by atoms with Crippen LogP contribution in [-0.4, -0.2) is 14.9 Å². The van der Waals surface area contributed by atoms with Crippen LogP contribution in [0.2, 0.25) is 0 Å². The number of anilines is 2. The summed E-state index contributed by atoms with van der Waals surface area (Å²) in [7, 11) is 0. The molecule has 1 aromatic carbocycles. The Morgan fingerprint density at radius 2 is 2.09 bits per heavy atom. The van der Waals surface area contributed by atoms with Gasteiger partial charge in [-0.3, -0.25) is 15.1 Å². The van der Waals surface area contributed by atoms with Crippen LogP contribution in [0.5, 0.6) is 0 Å². The van der Waals surface area contributed by atoms with E-state index in [-0.39, 0.29) is 5.69 Å². The van der Waals surface area contributed by atoms with Gasteiger partial charge in [0.05, 0.1) is 21.8 Å². The predicted octanol–water partition coefficient (Wildman–Crippen LogP) is 4.35. The maximum atomic E-state index is 11.3. The highest BCUT2D eigenvalue weighted by atomic mass is 79.9. The molecule has 22 heavy (non-hydrogen) atoms. The average molecular weight is 359 g/mol. The molecule has 0 bridgehead atoms. The fourth-order valence-corrected chi connectivity index (χ4v) is 2.54. The summed E-state index contributed by atoms with van der Waals surface area (Å²) in [6.07, 6.45) is 2.94. The van der Waals surface area contributed by atoms with E-state index in [4.69, 9.17) is 0 Å². The number of hydrogen-bond donors (Lipinski definition) is 1. The van der Waals surface area contributed by atoms with Crippen LogP contribution in [0, 0.1) is 17.0 Å². The Kier molecular flexibility index (Phi) is 3.72. The van der Waals surface area contributed by atoms with Crippen LogP contribution in [-0.2, 0) is 0 Å². The topological polar surface area (TPSA) is 81.0 Å². The van der Waals surface area contributed by atoms with E-state index < -0.39 is 4.92 Å². The first kappa shape index (κ1) is 14.4. The molecule has 0 saturated carbocycles. The average Bonchev–Trinajstić information content (AvgIpc) is 2.49. The summed E-state index contributed by atoms with van der Waals surface area (Å²) in [4.78, 5) is 19.2. The molecule has 110 valence electrons. The molecule has 0 radical (unpaired) electrons. The van der Waals surface area contributed by atoms with Gasteiger partial charge in [-0.25, -0.2) is 4.98 Å². The maximum Gasteiger partial charge on any atom is 0.311 e. The molecule has 0 unspecified atom stereocenters. The van der Waals surface area contributed by atoms with E-state index in [1.54, 1.807) is 12.3 Å². The van der Waals surface area contributed by atoms with Crippen molar-refractivity contribution in [2.24, 2.45) is 0 Å². The number of aryl methyl sites for hydroxylation is 1. The zero-order valence-corrected chi connectivity index (χ0v) is 13.2. The highest BCUT2D eigenvalue weighted by Gasteiger charge is 2.19. The van der Waals surface area contributed by atoms with Gasteiger partial charge < -0.3 is 5.32 Å². The number of nitrogens with one attached hydrogen (secondary N) is 1. The smallest absolute Gasteiger partial charge is 0.311 e. The van der Waals surface area contributed by atoms with Crippen LogP contribution in [0.15, 0.2) is 47.2 Å². The molecule has 2 heterocycles. The third-order valence-corrected chi connectivity index (χ3v) is 3.77. The van der Waals surface area contributed by atoms with Gasteiger partial charge in [0.1, 0.15) is 11.9 Å². The lowest BCUT2D eigenvalue weighted by molar-refractivity contribution is -0.384. The fourth-order valence-electron chi connectivity index (χ4n) is 2.18. The van der Waals surface area contributed by atoms with Gasteiger partial charge in [-0.2, -0.15) is 0 Å². The molecular formula is C15H11BrN4O2. The lowest BCUT2D eigenvalue weighted by atomic mass is 10.1. The van der Waals surface area contributed by atoms with Gasteiger partial charge in [-0.1, -0.05) is 15.9 Å². The van der Waals surface area contributed by atoms with E-state index in [9.17, 15) is 10.1 Å². The molecule has 2 aromatic heterocycles. The Hall–Kier alpha value is -2.54. The van der Waals surface area contributed by atoms with E-state index in [1.807, 2.05) is 31.2 Å². The first-order valence-corrected chi connectivity index (χ1v) is 7.27. The zero-order chi connectivity index (χ0) is 15.7. The standard InChI is InChI=1S/C15H11BrN4O2/c1-9-12(3-2-6-17-9)19-15-11-7-10(16)4-5-13(11)18-8-14(15)20(21)22/h2-8H,1H3,(H,18,19). The maximum absolute atomic E-state index is 11.3. The van der Waals surface area contributed by atoms with Crippen molar-refractivity contribution in [1.82, 2.24) is 9.97 Å². The van der Waals surface area contributed by atoms with Crippen LogP contribution in [0.1, 0.15) is 5.69 Å². The van der Waals surface area contributed by atoms with Crippen LogP contribution in [0.25, 0.3) is 10.9 Å². The molecule has 6 nitrogen and oxygen atoms in total. The van der Waals surface area contributed by atoms with Crippen LogP contribution in [0.3, 0.4) is 0 Å². The summed E-state index contributed by atoms with van der Waals surface area (Å²) < 4.78 is 0.827. The third kappa shape index (κ3) is 2.62. The molecule has 0 saturated heterocycles. The molecule has 0 fully saturated rings. The minimum absolute atomic E-state index is 0.0751. The van der Waals surface area contributed by atoms with Crippen LogP contribution >= 0.6 is 15.9 Å². The number of nitrogens with zero attached hydrogens (tertiary/aromatic N) is 3. The third-order valence-electron chi connectivity index (χ3n) is 3.27. The molecule has 0 aliphatic carbocycles. The first-order valence-electron chi connectivity index (χ1n) is 6.47. The second-order valence-corrected chi connectivity index (χ2v) is 5.61. The molecule has 0 atom stereocenters. The Balaban J connectivity index is 2.25. The normalized spacial score (nSPS) is 10.6. The summed E-state index contributed by atoms with van der Waals surface area (Å²) in [6.45, 7) is 1.84. The molecule has 7 heteroatoms. The van der Waals surface area contributed by atoms with Crippen molar-refractivity contribution in [2.75, 3.05) is 5.32 Å². The minimum Gasteiger partial charge on any atom is -0.348 e. The number of nitro groups is 1. The van der Waals surface area contributed by atoms with Crippen LogP contribution in [0.4, 0.5) is 17.1 Å². The number of benzene rings is 1. The predicted molar refractivity (Wildman–Crippen MR) is 88.4 cm³/mol. The summed E-state index contributed by atoms with van der Waals surface area (Å²) >= 11 is 3.39. The number of halogens is 1. The second kappa shape index (κ2) is 5.69. The molecule has 3 rings (SSSR count). The number of fused-ring (bicyclic) bond motifs is 1. The number of hydrogen-bond acceptors (Lipinski definition) is 5. The van der Waals surface area contributed by atoms with Crippen molar-refractivity contribution >= 4 is 43.9 Å². The molecule has 3 aromatic rings. The van der Waals surface area contributed by atoms with Gasteiger partial charge in [-0.15, -0.1) is 0 Å². The van der Waals surface area contributed by atoms with E-state index in [0.717, 1.165) is 15.9 Å². The monoisotopic (exact) mass is 358 g/mol. The highest BCUT2D eigenvalue weighted by Crippen LogP contribution is 2.35. The Morgan fingerprint density at radius 3 is 2.82 bits per heavy atom. The number of rotatable bonds is 3. The van der Waals surface area contributed by atoms with Crippen molar-refractivity contribution in [3.05, 3.63) is 63.0 Å². The van der Waals surface area contributed by atoms with Crippen molar-refractivity contribution in [3.8, 4) is 0 Å². The highest BCUT2D eigenvalue weighted by molar-refractivity contribution is 9.10. The Morgan fingerprint density at radius 1 is 1.27 bits per heavy atom. The SMILES string of the molecule is Cc1ncccc1Nc1c([N+](=O)[O-])cnc2ccc(Br)cc12.